The molecule has 0 bridgehead atoms. The van der Waals surface area contributed by atoms with Gasteiger partial charge in [0.2, 0.25) is 0 Å². The van der Waals surface area contributed by atoms with Crippen LogP contribution in [-0.4, -0.2) is 23.1 Å². The standard InChI is InChI=1S/C15H21N5/c1-4-20(5-2)15-13(16)14(17-10-18-15)19-12-8-6-11(3)7-9-12/h6-10H,4-5,16H2,1-3H3,(H,17,18,19). The molecule has 2 aromatic rings. The van der Waals surface area contributed by atoms with Gasteiger partial charge in [-0.05, 0) is 32.9 Å². The van der Waals surface area contributed by atoms with Crippen molar-refractivity contribution < 1.29 is 0 Å². The van der Waals surface area contributed by atoms with Gasteiger partial charge in [0.1, 0.15) is 12.0 Å². The highest BCUT2D eigenvalue weighted by Gasteiger charge is 2.12. The first-order valence-corrected chi connectivity index (χ1v) is 6.84. The molecule has 0 saturated carbocycles. The molecule has 0 unspecified atom stereocenters. The van der Waals surface area contributed by atoms with Crippen LogP contribution in [-0.2, 0) is 0 Å². The van der Waals surface area contributed by atoms with Gasteiger partial charge in [-0.25, -0.2) is 9.97 Å². The number of nitrogens with two attached hydrogens (primary N) is 1. The highest BCUT2D eigenvalue weighted by atomic mass is 15.2. The third-order valence-corrected chi connectivity index (χ3v) is 3.24. The summed E-state index contributed by atoms with van der Waals surface area (Å²) in [6.07, 6.45) is 1.54. The van der Waals surface area contributed by atoms with Gasteiger partial charge in [0.15, 0.2) is 11.6 Å². The van der Waals surface area contributed by atoms with Crippen molar-refractivity contribution in [2.45, 2.75) is 20.8 Å². The number of hydrogen-bond donors (Lipinski definition) is 2. The molecule has 1 aromatic carbocycles. The summed E-state index contributed by atoms with van der Waals surface area (Å²) in [4.78, 5) is 10.6. The number of nitrogens with zero attached hydrogens (tertiary/aromatic N) is 3. The van der Waals surface area contributed by atoms with Crippen LogP contribution in [0.1, 0.15) is 19.4 Å². The minimum Gasteiger partial charge on any atom is -0.393 e. The van der Waals surface area contributed by atoms with E-state index in [4.69, 9.17) is 5.73 Å². The Morgan fingerprint density at radius 1 is 1.10 bits per heavy atom. The highest BCUT2D eigenvalue weighted by molar-refractivity contribution is 5.78. The smallest absolute Gasteiger partial charge is 0.159 e. The monoisotopic (exact) mass is 271 g/mol. The lowest BCUT2D eigenvalue weighted by atomic mass is 10.2. The molecule has 0 spiro atoms. The Morgan fingerprint density at radius 2 is 1.75 bits per heavy atom. The van der Waals surface area contributed by atoms with Crippen molar-refractivity contribution in [1.82, 2.24) is 9.97 Å². The van der Waals surface area contributed by atoms with E-state index in [9.17, 15) is 0 Å². The van der Waals surface area contributed by atoms with Crippen molar-refractivity contribution in [1.29, 1.82) is 0 Å². The summed E-state index contributed by atoms with van der Waals surface area (Å²) in [5.41, 5.74) is 8.95. The van der Waals surface area contributed by atoms with Gasteiger partial charge < -0.3 is 16.0 Å². The molecule has 0 amide bonds. The van der Waals surface area contributed by atoms with Crippen molar-refractivity contribution >= 4 is 23.0 Å². The molecule has 1 heterocycles. The molecule has 0 aliphatic heterocycles. The maximum atomic E-state index is 6.18. The van der Waals surface area contributed by atoms with E-state index in [1.807, 2.05) is 24.3 Å². The van der Waals surface area contributed by atoms with Gasteiger partial charge in [0, 0.05) is 18.8 Å². The maximum absolute atomic E-state index is 6.18. The van der Waals surface area contributed by atoms with E-state index in [2.05, 4.69) is 41.0 Å². The number of nitrogens with one attached hydrogen (secondary N) is 1. The third-order valence-electron chi connectivity index (χ3n) is 3.24. The Labute approximate surface area is 119 Å². The van der Waals surface area contributed by atoms with Crippen molar-refractivity contribution in [3.8, 4) is 0 Å². The SMILES string of the molecule is CCN(CC)c1ncnc(Nc2ccc(C)cc2)c1N. The molecule has 0 aliphatic carbocycles. The molecule has 1 aromatic heterocycles. The van der Waals surface area contributed by atoms with Crippen LogP contribution < -0.4 is 16.0 Å². The lowest BCUT2D eigenvalue weighted by molar-refractivity contribution is 0.844. The van der Waals surface area contributed by atoms with Crippen LogP contribution in [0.4, 0.5) is 23.0 Å². The van der Waals surface area contributed by atoms with Crippen LogP contribution in [0.2, 0.25) is 0 Å². The van der Waals surface area contributed by atoms with E-state index < -0.39 is 0 Å². The minimum atomic E-state index is 0.580. The molecule has 0 fully saturated rings. The van der Waals surface area contributed by atoms with E-state index >= 15 is 0 Å². The van der Waals surface area contributed by atoms with Crippen LogP contribution in [0.15, 0.2) is 30.6 Å². The fraction of sp³-hybridized carbons (Fsp3) is 0.333. The lowest BCUT2D eigenvalue weighted by Gasteiger charge is -2.22. The van der Waals surface area contributed by atoms with Crippen LogP contribution in [0.3, 0.4) is 0 Å². The van der Waals surface area contributed by atoms with Crippen molar-refractivity contribution in [2.24, 2.45) is 0 Å². The summed E-state index contributed by atoms with van der Waals surface area (Å²) in [5.74, 6) is 1.42. The number of rotatable bonds is 5. The summed E-state index contributed by atoms with van der Waals surface area (Å²) in [5, 5.41) is 3.24. The van der Waals surface area contributed by atoms with Crippen LogP contribution in [0.25, 0.3) is 0 Å². The quantitative estimate of drug-likeness (QED) is 0.875. The van der Waals surface area contributed by atoms with E-state index in [0.29, 0.717) is 11.5 Å². The Balaban J connectivity index is 2.28. The zero-order valence-electron chi connectivity index (χ0n) is 12.2. The van der Waals surface area contributed by atoms with Gasteiger partial charge >= 0.3 is 0 Å². The number of hydrogen-bond acceptors (Lipinski definition) is 5. The van der Waals surface area contributed by atoms with Crippen molar-refractivity contribution in [3.63, 3.8) is 0 Å². The topological polar surface area (TPSA) is 67.1 Å². The first-order chi connectivity index (χ1) is 9.65. The predicted molar refractivity (Wildman–Crippen MR) is 84.5 cm³/mol. The fourth-order valence-corrected chi connectivity index (χ4v) is 2.03. The molecule has 0 aliphatic rings. The zero-order chi connectivity index (χ0) is 14.5. The number of nitrogen functional groups attached to an aromatic ring is 1. The first kappa shape index (κ1) is 14.1. The Hall–Kier alpha value is -2.30. The molecule has 3 N–H and O–H groups in total. The van der Waals surface area contributed by atoms with Gasteiger partial charge in [0.25, 0.3) is 0 Å². The normalized spacial score (nSPS) is 10.3. The van der Waals surface area contributed by atoms with Gasteiger partial charge in [-0.15, -0.1) is 0 Å². The van der Waals surface area contributed by atoms with Gasteiger partial charge in [-0.3, -0.25) is 0 Å². The van der Waals surface area contributed by atoms with Gasteiger partial charge in [0.05, 0.1) is 0 Å². The minimum absolute atomic E-state index is 0.580. The van der Waals surface area contributed by atoms with Crippen LogP contribution in [0, 0.1) is 6.92 Å². The summed E-state index contributed by atoms with van der Waals surface area (Å²) in [6.45, 7) is 7.95. The Kier molecular flexibility index (Phi) is 4.40. The van der Waals surface area contributed by atoms with Gasteiger partial charge in [-0.2, -0.15) is 0 Å². The van der Waals surface area contributed by atoms with Crippen LogP contribution >= 0.6 is 0 Å². The van der Waals surface area contributed by atoms with E-state index in [1.54, 1.807) is 6.33 Å². The molecule has 0 atom stereocenters. The molecular formula is C15H21N5. The first-order valence-electron chi connectivity index (χ1n) is 6.84. The zero-order valence-corrected chi connectivity index (χ0v) is 12.2. The second-order valence-corrected chi connectivity index (χ2v) is 4.62. The molecule has 2 rings (SSSR count). The number of benzene rings is 1. The van der Waals surface area contributed by atoms with E-state index in [0.717, 1.165) is 24.6 Å². The second kappa shape index (κ2) is 6.23. The number of aryl methyl sites for hydroxylation is 1. The summed E-state index contributed by atoms with van der Waals surface area (Å²) >= 11 is 0. The van der Waals surface area contributed by atoms with Crippen molar-refractivity contribution in [2.75, 3.05) is 29.0 Å². The summed E-state index contributed by atoms with van der Waals surface area (Å²) in [7, 11) is 0. The predicted octanol–water partition coefficient (Wildman–Crippen LogP) is 2.96. The Morgan fingerprint density at radius 3 is 2.35 bits per heavy atom. The lowest BCUT2D eigenvalue weighted by Crippen LogP contribution is -2.24. The maximum Gasteiger partial charge on any atom is 0.159 e. The second-order valence-electron chi connectivity index (χ2n) is 4.62. The van der Waals surface area contributed by atoms with Crippen LogP contribution in [0.5, 0.6) is 0 Å². The molecule has 20 heavy (non-hydrogen) atoms. The summed E-state index contributed by atoms with van der Waals surface area (Å²) in [6, 6.07) is 8.11. The third kappa shape index (κ3) is 2.99. The molecule has 5 heteroatoms. The molecular weight excluding hydrogens is 250 g/mol. The molecule has 0 saturated heterocycles. The summed E-state index contributed by atoms with van der Waals surface area (Å²) < 4.78 is 0. The highest BCUT2D eigenvalue weighted by Crippen LogP contribution is 2.28. The molecule has 0 radical (unpaired) electrons. The molecule has 106 valence electrons. The average molecular weight is 271 g/mol. The number of anilines is 4. The van der Waals surface area contributed by atoms with E-state index in [-0.39, 0.29) is 0 Å². The molecule has 5 nitrogen and oxygen atoms in total. The fourth-order valence-electron chi connectivity index (χ4n) is 2.03. The largest absolute Gasteiger partial charge is 0.393 e. The Bertz CT molecular complexity index is 561. The van der Waals surface area contributed by atoms with Gasteiger partial charge in [-0.1, -0.05) is 17.7 Å². The van der Waals surface area contributed by atoms with Crippen molar-refractivity contribution in [3.05, 3.63) is 36.2 Å². The van der Waals surface area contributed by atoms with E-state index in [1.165, 1.54) is 5.56 Å². The average Bonchev–Trinajstić information content (AvgIpc) is 2.46. The number of aromatic nitrogens is 2.